The first-order chi connectivity index (χ1) is 14.6. The molecule has 3 heterocycles. The Bertz CT molecular complexity index is 1020. The van der Waals surface area contributed by atoms with Crippen LogP contribution in [0.3, 0.4) is 0 Å². The van der Waals surface area contributed by atoms with Crippen LogP contribution in [0.25, 0.3) is 11.0 Å². The van der Waals surface area contributed by atoms with Crippen molar-refractivity contribution in [2.75, 3.05) is 13.1 Å². The van der Waals surface area contributed by atoms with Crippen LogP contribution in [-0.2, 0) is 11.2 Å². The lowest BCUT2D eigenvalue weighted by atomic mass is 10.0. The number of hydrogen-bond donors (Lipinski definition) is 2. The number of aliphatic hydroxyl groups is 1. The SMILES string of the molecule is O=C(N[C@H]1C[C@@H](O)CN(C(=O)CCCc2ccccc2)C1)c1onc2ncccc12. The number of amides is 2. The summed E-state index contributed by atoms with van der Waals surface area (Å²) in [6.07, 6.45) is 3.24. The Morgan fingerprint density at radius 2 is 2.00 bits per heavy atom. The van der Waals surface area contributed by atoms with Crippen LogP contribution in [0, 0.1) is 0 Å². The number of β-amino-alcohol motifs (C(OH)–C–C–N with tert-alkyl or cyclic N) is 1. The first kappa shape index (κ1) is 20.0. The second-order valence-corrected chi connectivity index (χ2v) is 7.58. The number of carbonyl (C=O) groups excluding carboxylic acids is 2. The molecule has 0 spiro atoms. The molecule has 8 nitrogen and oxygen atoms in total. The van der Waals surface area contributed by atoms with E-state index >= 15 is 0 Å². The van der Waals surface area contributed by atoms with Crippen LogP contribution in [0.1, 0.15) is 35.4 Å². The second-order valence-electron chi connectivity index (χ2n) is 7.58. The van der Waals surface area contributed by atoms with Crippen molar-refractivity contribution in [1.29, 1.82) is 0 Å². The third kappa shape index (κ3) is 4.65. The summed E-state index contributed by atoms with van der Waals surface area (Å²) in [7, 11) is 0. The molecule has 3 aromatic rings. The molecule has 1 aromatic carbocycles. The van der Waals surface area contributed by atoms with Crippen molar-refractivity contribution in [2.24, 2.45) is 0 Å². The smallest absolute Gasteiger partial charge is 0.290 e. The molecule has 2 N–H and O–H groups in total. The van der Waals surface area contributed by atoms with E-state index in [0.717, 1.165) is 12.8 Å². The van der Waals surface area contributed by atoms with Crippen LogP contribution >= 0.6 is 0 Å². The van der Waals surface area contributed by atoms with Gasteiger partial charge in [-0.2, -0.15) is 0 Å². The summed E-state index contributed by atoms with van der Waals surface area (Å²) in [5.41, 5.74) is 1.56. The number of likely N-dealkylation sites (tertiary alicyclic amines) is 1. The van der Waals surface area contributed by atoms with Gasteiger partial charge in [0.1, 0.15) is 0 Å². The zero-order valence-corrected chi connectivity index (χ0v) is 16.5. The minimum Gasteiger partial charge on any atom is -0.391 e. The second kappa shape index (κ2) is 9.04. The lowest BCUT2D eigenvalue weighted by Crippen LogP contribution is -2.54. The van der Waals surface area contributed by atoms with Crippen molar-refractivity contribution in [1.82, 2.24) is 20.4 Å². The first-order valence-corrected chi connectivity index (χ1v) is 10.1. The molecular formula is C22H24N4O4. The number of aromatic nitrogens is 2. The van der Waals surface area contributed by atoms with Gasteiger partial charge in [-0.05, 0) is 37.0 Å². The van der Waals surface area contributed by atoms with Gasteiger partial charge in [-0.3, -0.25) is 9.59 Å². The average molecular weight is 408 g/mol. The number of rotatable bonds is 6. The number of aryl methyl sites for hydroxylation is 1. The predicted molar refractivity (Wildman–Crippen MR) is 110 cm³/mol. The van der Waals surface area contributed by atoms with Crippen molar-refractivity contribution >= 4 is 22.8 Å². The van der Waals surface area contributed by atoms with Gasteiger partial charge in [0.25, 0.3) is 5.91 Å². The van der Waals surface area contributed by atoms with Crippen LogP contribution in [-0.4, -0.2) is 57.2 Å². The predicted octanol–water partition coefficient (Wildman–Crippen LogP) is 1.94. The van der Waals surface area contributed by atoms with Gasteiger partial charge in [0.2, 0.25) is 17.3 Å². The molecule has 1 saturated heterocycles. The van der Waals surface area contributed by atoms with E-state index in [2.05, 4.69) is 15.5 Å². The normalized spacial score (nSPS) is 19.0. The zero-order valence-electron chi connectivity index (χ0n) is 16.5. The van der Waals surface area contributed by atoms with Gasteiger partial charge in [-0.1, -0.05) is 35.5 Å². The molecule has 1 aliphatic heterocycles. The number of benzene rings is 1. The minimum absolute atomic E-state index is 0.0155. The Balaban J connectivity index is 1.33. The number of nitrogens with zero attached hydrogens (tertiary/aromatic N) is 3. The summed E-state index contributed by atoms with van der Waals surface area (Å²) in [5.74, 6) is -0.363. The molecule has 30 heavy (non-hydrogen) atoms. The zero-order chi connectivity index (χ0) is 20.9. The molecule has 2 atom stereocenters. The van der Waals surface area contributed by atoms with Gasteiger partial charge in [0.15, 0.2) is 0 Å². The Hall–Kier alpha value is -3.26. The number of hydrogen-bond acceptors (Lipinski definition) is 6. The highest BCUT2D eigenvalue weighted by molar-refractivity contribution is 6.02. The van der Waals surface area contributed by atoms with E-state index in [9.17, 15) is 14.7 Å². The molecule has 2 amide bonds. The van der Waals surface area contributed by atoms with Crippen LogP contribution in [0.5, 0.6) is 0 Å². The number of pyridine rings is 1. The van der Waals surface area contributed by atoms with Crippen LogP contribution in [0.4, 0.5) is 0 Å². The number of carbonyl (C=O) groups is 2. The summed E-state index contributed by atoms with van der Waals surface area (Å²) in [4.78, 5) is 31.0. The van der Waals surface area contributed by atoms with Gasteiger partial charge in [0.05, 0.1) is 11.5 Å². The number of aliphatic hydroxyl groups excluding tert-OH is 1. The molecule has 4 rings (SSSR count). The van der Waals surface area contributed by atoms with E-state index in [4.69, 9.17) is 4.52 Å². The number of piperidine rings is 1. The van der Waals surface area contributed by atoms with Gasteiger partial charge in [-0.25, -0.2) is 4.98 Å². The third-order valence-corrected chi connectivity index (χ3v) is 5.28. The molecule has 2 aromatic heterocycles. The lowest BCUT2D eigenvalue weighted by molar-refractivity contribution is -0.135. The van der Waals surface area contributed by atoms with E-state index in [-0.39, 0.29) is 24.3 Å². The number of nitrogens with one attached hydrogen (secondary N) is 1. The van der Waals surface area contributed by atoms with Crippen molar-refractivity contribution < 1.29 is 19.2 Å². The summed E-state index contributed by atoms with van der Waals surface area (Å²) < 4.78 is 5.15. The summed E-state index contributed by atoms with van der Waals surface area (Å²) in [6.45, 7) is 0.642. The lowest BCUT2D eigenvalue weighted by Gasteiger charge is -2.36. The highest BCUT2D eigenvalue weighted by atomic mass is 16.5. The maximum Gasteiger partial charge on any atom is 0.290 e. The summed E-state index contributed by atoms with van der Waals surface area (Å²) in [6, 6.07) is 13.1. The molecular weight excluding hydrogens is 384 g/mol. The Labute approximate surface area is 173 Å². The van der Waals surface area contributed by atoms with E-state index in [1.807, 2.05) is 30.3 Å². The fraction of sp³-hybridized carbons (Fsp3) is 0.364. The molecule has 0 bridgehead atoms. The monoisotopic (exact) mass is 408 g/mol. The van der Waals surface area contributed by atoms with Gasteiger partial charge in [-0.15, -0.1) is 0 Å². The molecule has 0 saturated carbocycles. The van der Waals surface area contributed by atoms with Gasteiger partial charge >= 0.3 is 0 Å². The molecule has 8 heteroatoms. The van der Waals surface area contributed by atoms with Gasteiger partial charge < -0.3 is 19.8 Å². The van der Waals surface area contributed by atoms with Crippen molar-refractivity contribution in [3.05, 3.63) is 60.0 Å². The molecule has 1 aliphatic rings. The van der Waals surface area contributed by atoms with E-state index in [1.165, 1.54) is 5.56 Å². The minimum atomic E-state index is -0.685. The Morgan fingerprint density at radius 3 is 2.83 bits per heavy atom. The first-order valence-electron chi connectivity index (χ1n) is 10.1. The quantitative estimate of drug-likeness (QED) is 0.645. The highest BCUT2D eigenvalue weighted by Crippen LogP contribution is 2.18. The topological polar surface area (TPSA) is 109 Å². The molecule has 0 unspecified atom stereocenters. The number of fused-ring (bicyclic) bond motifs is 1. The molecule has 0 aliphatic carbocycles. The van der Waals surface area contributed by atoms with Crippen molar-refractivity contribution in [3.8, 4) is 0 Å². The van der Waals surface area contributed by atoms with Crippen LogP contribution in [0.15, 0.2) is 53.2 Å². The van der Waals surface area contributed by atoms with Crippen molar-refractivity contribution in [2.45, 2.75) is 37.8 Å². The van der Waals surface area contributed by atoms with E-state index < -0.39 is 12.0 Å². The molecule has 156 valence electrons. The molecule has 1 fully saturated rings. The van der Waals surface area contributed by atoms with Gasteiger partial charge in [0, 0.05) is 31.7 Å². The fourth-order valence-electron chi connectivity index (χ4n) is 3.83. The summed E-state index contributed by atoms with van der Waals surface area (Å²) in [5, 5.41) is 17.4. The third-order valence-electron chi connectivity index (χ3n) is 5.28. The summed E-state index contributed by atoms with van der Waals surface area (Å²) >= 11 is 0. The Morgan fingerprint density at radius 1 is 1.17 bits per heavy atom. The maximum atomic E-state index is 12.6. The standard InChI is InChI=1S/C22H24N4O4/c27-17-12-16(24-22(29)20-18-9-5-11-23-21(18)25-30-20)13-26(14-17)19(28)10-4-8-15-6-2-1-3-7-15/h1-3,5-7,9,11,16-17,27H,4,8,10,12-14H2,(H,24,29)/t16-,17+/m0/s1. The average Bonchev–Trinajstić information content (AvgIpc) is 3.18. The van der Waals surface area contributed by atoms with Crippen LogP contribution < -0.4 is 5.32 Å². The molecule has 0 radical (unpaired) electrons. The largest absolute Gasteiger partial charge is 0.391 e. The highest BCUT2D eigenvalue weighted by Gasteiger charge is 2.31. The fourth-order valence-corrected chi connectivity index (χ4v) is 3.83. The van der Waals surface area contributed by atoms with E-state index in [0.29, 0.717) is 30.4 Å². The Kier molecular flexibility index (Phi) is 6.04. The van der Waals surface area contributed by atoms with Crippen molar-refractivity contribution in [3.63, 3.8) is 0 Å². The van der Waals surface area contributed by atoms with Crippen LogP contribution in [0.2, 0.25) is 0 Å². The van der Waals surface area contributed by atoms with E-state index in [1.54, 1.807) is 23.2 Å². The maximum absolute atomic E-state index is 12.6.